The molecule has 0 fully saturated rings. The molecule has 23 heavy (non-hydrogen) atoms. The third kappa shape index (κ3) is 6.92. The van der Waals surface area contributed by atoms with E-state index >= 15 is 0 Å². The van der Waals surface area contributed by atoms with Crippen LogP contribution >= 0.6 is 0 Å². The van der Waals surface area contributed by atoms with Gasteiger partial charge in [0, 0.05) is 0 Å². The van der Waals surface area contributed by atoms with Crippen molar-refractivity contribution < 1.29 is 4.74 Å². The number of benzene rings is 2. The van der Waals surface area contributed by atoms with Crippen LogP contribution in [0, 0.1) is 0 Å². The van der Waals surface area contributed by atoms with Gasteiger partial charge in [0.1, 0.15) is 5.75 Å². The molecule has 0 heterocycles. The minimum Gasteiger partial charge on any atom is -0.494 e. The first kappa shape index (κ1) is 16.9. The van der Waals surface area contributed by atoms with E-state index in [0.29, 0.717) is 0 Å². The first-order valence-corrected chi connectivity index (χ1v) is 8.23. The third-order valence-electron chi connectivity index (χ3n) is 3.43. The fraction of sp³-hybridized carbons (Fsp3) is 0.300. The molecule has 3 nitrogen and oxygen atoms in total. The van der Waals surface area contributed by atoms with Gasteiger partial charge in [-0.05, 0) is 41.8 Å². The third-order valence-corrected chi connectivity index (χ3v) is 3.43. The molecule has 2 aromatic carbocycles. The summed E-state index contributed by atoms with van der Waals surface area (Å²) in [4.78, 5) is 0. The Balaban J connectivity index is 1.76. The molecule has 0 saturated heterocycles. The first-order valence-electron chi connectivity index (χ1n) is 8.23. The Bertz CT molecular complexity index is 603. The summed E-state index contributed by atoms with van der Waals surface area (Å²) in [6, 6.07) is 17.8. The van der Waals surface area contributed by atoms with Crippen molar-refractivity contribution in [2.24, 2.45) is 10.2 Å². The molecule has 0 radical (unpaired) electrons. The second-order valence-corrected chi connectivity index (χ2v) is 5.38. The minimum absolute atomic E-state index is 0.787. The van der Waals surface area contributed by atoms with Gasteiger partial charge in [-0.15, -0.1) is 0 Å². The van der Waals surface area contributed by atoms with E-state index in [1.54, 1.807) is 12.4 Å². The van der Waals surface area contributed by atoms with E-state index in [-0.39, 0.29) is 0 Å². The SMILES string of the molecule is CCCCCCOc1ccc(C=NN=Cc2ccccc2)cc1. The Hall–Kier alpha value is -2.42. The molecule has 0 saturated carbocycles. The lowest BCUT2D eigenvalue weighted by atomic mass is 10.2. The Morgan fingerprint density at radius 1 is 0.783 bits per heavy atom. The van der Waals surface area contributed by atoms with Crippen molar-refractivity contribution in [3.63, 3.8) is 0 Å². The highest BCUT2D eigenvalue weighted by Gasteiger charge is 1.94. The van der Waals surface area contributed by atoms with E-state index in [1.165, 1.54) is 19.3 Å². The summed E-state index contributed by atoms with van der Waals surface area (Å²) in [5.74, 6) is 0.909. The Morgan fingerprint density at radius 3 is 2.09 bits per heavy atom. The van der Waals surface area contributed by atoms with Crippen LogP contribution in [-0.2, 0) is 0 Å². The average molecular weight is 308 g/mol. The maximum Gasteiger partial charge on any atom is 0.119 e. The van der Waals surface area contributed by atoms with E-state index in [4.69, 9.17) is 4.74 Å². The van der Waals surface area contributed by atoms with Crippen molar-refractivity contribution in [3.05, 3.63) is 65.7 Å². The van der Waals surface area contributed by atoms with Crippen molar-refractivity contribution in [1.29, 1.82) is 0 Å². The lowest BCUT2D eigenvalue weighted by Gasteiger charge is -2.05. The van der Waals surface area contributed by atoms with Crippen LogP contribution in [0.5, 0.6) is 5.75 Å². The fourth-order valence-electron chi connectivity index (χ4n) is 2.11. The van der Waals surface area contributed by atoms with E-state index < -0.39 is 0 Å². The average Bonchev–Trinajstić information content (AvgIpc) is 2.61. The fourth-order valence-corrected chi connectivity index (χ4v) is 2.11. The van der Waals surface area contributed by atoms with Crippen molar-refractivity contribution in [3.8, 4) is 5.75 Å². The van der Waals surface area contributed by atoms with Gasteiger partial charge in [-0.2, -0.15) is 10.2 Å². The summed E-state index contributed by atoms with van der Waals surface area (Å²) in [5, 5.41) is 8.12. The molecule has 0 bridgehead atoms. The van der Waals surface area contributed by atoms with Crippen molar-refractivity contribution >= 4 is 12.4 Å². The van der Waals surface area contributed by atoms with Gasteiger partial charge in [0.2, 0.25) is 0 Å². The van der Waals surface area contributed by atoms with Gasteiger partial charge in [-0.3, -0.25) is 0 Å². The summed E-state index contributed by atoms with van der Waals surface area (Å²) >= 11 is 0. The van der Waals surface area contributed by atoms with Gasteiger partial charge in [0.15, 0.2) is 0 Å². The van der Waals surface area contributed by atoms with Gasteiger partial charge in [-0.1, -0.05) is 56.5 Å². The highest BCUT2D eigenvalue weighted by atomic mass is 16.5. The van der Waals surface area contributed by atoms with Crippen molar-refractivity contribution in [1.82, 2.24) is 0 Å². The number of ether oxygens (including phenoxy) is 1. The summed E-state index contributed by atoms with van der Waals surface area (Å²) in [6.45, 7) is 3.00. The number of hydrogen-bond donors (Lipinski definition) is 0. The van der Waals surface area contributed by atoms with Crippen LogP contribution in [0.15, 0.2) is 64.8 Å². The Kier molecular flexibility index (Phi) is 7.61. The summed E-state index contributed by atoms with van der Waals surface area (Å²) in [6.07, 6.45) is 8.36. The van der Waals surface area contributed by atoms with Gasteiger partial charge in [0.05, 0.1) is 19.0 Å². The van der Waals surface area contributed by atoms with Gasteiger partial charge in [0.25, 0.3) is 0 Å². The number of nitrogens with zero attached hydrogens (tertiary/aromatic N) is 2. The van der Waals surface area contributed by atoms with E-state index in [0.717, 1.165) is 29.9 Å². The molecule has 0 aliphatic heterocycles. The molecule has 3 heteroatoms. The van der Waals surface area contributed by atoms with E-state index in [1.807, 2.05) is 54.6 Å². The van der Waals surface area contributed by atoms with Gasteiger partial charge < -0.3 is 4.74 Å². The predicted octanol–water partition coefficient (Wildman–Crippen LogP) is 5.10. The van der Waals surface area contributed by atoms with Gasteiger partial charge >= 0.3 is 0 Å². The first-order chi connectivity index (χ1) is 11.4. The second-order valence-electron chi connectivity index (χ2n) is 5.38. The lowest BCUT2D eigenvalue weighted by Crippen LogP contribution is -1.97. The topological polar surface area (TPSA) is 34.0 Å². The molecule has 0 unspecified atom stereocenters. The zero-order valence-corrected chi connectivity index (χ0v) is 13.7. The molecule has 0 aliphatic carbocycles. The van der Waals surface area contributed by atoms with Crippen LogP contribution in [-0.4, -0.2) is 19.0 Å². The highest BCUT2D eigenvalue weighted by molar-refractivity contribution is 5.82. The molecule has 0 atom stereocenters. The largest absolute Gasteiger partial charge is 0.494 e. The monoisotopic (exact) mass is 308 g/mol. The molecule has 2 rings (SSSR count). The standard InChI is InChI=1S/C20H24N2O/c1-2-3-4-8-15-23-20-13-11-19(12-14-20)17-22-21-16-18-9-6-5-7-10-18/h5-7,9-14,16-17H,2-4,8,15H2,1H3. The van der Waals surface area contributed by atoms with Crippen LogP contribution in [0.2, 0.25) is 0 Å². The van der Waals surface area contributed by atoms with Crippen LogP contribution in [0.3, 0.4) is 0 Å². The molecule has 0 aliphatic rings. The molecule has 2 aromatic rings. The van der Waals surface area contributed by atoms with Crippen LogP contribution < -0.4 is 4.74 Å². The maximum absolute atomic E-state index is 5.72. The summed E-state index contributed by atoms with van der Waals surface area (Å²) in [7, 11) is 0. The van der Waals surface area contributed by atoms with Crippen LogP contribution in [0.4, 0.5) is 0 Å². The number of hydrogen-bond acceptors (Lipinski definition) is 3. The molecular weight excluding hydrogens is 284 g/mol. The smallest absolute Gasteiger partial charge is 0.119 e. The minimum atomic E-state index is 0.787. The zero-order valence-electron chi connectivity index (χ0n) is 13.7. The number of rotatable bonds is 9. The van der Waals surface area contributed by atoms with Crippen molar-refractivity contribution in [2.45, 2.75) is 32.6 Å². The molecule has 0 N–H and O–H groups in total. The van der Waals surface area contributed by atoms with E-state index in [9.17, 15) is 0 Å². The number of unbranched alkanes of at least 4 members (excludes halogenated alkanes) is 3. The predicted molar refractivity (Wildman–Crippen MR) is 97.7 cm³/mol. The van der Waals surface area contributed by atoms with Gasteiger partial charge in [-0.25, -0.2) is 0 Å². The molecule has 0 aromatic heterocycles. The quantitative estimate of drug-likeness (QED) is 0.360. The van der Waals surface area contributed by atoms with E-state index in [2.05, 4.69) is 17.1 Å². The Morgan fingerprint density at radius 2 is 1.43 bits per heavy atom. The Labute approximate surface area is 138 Å². The lowest BCUT2D eigenvalue weighted by molar-refractivity contribution is 0.305. The maximum atomic E-state index is 5.72. The van der Waals surface area contributed by atoms with Crippen molar-refractivity contribution in [2.75, 3.05) is 6.61 Å². The second kappa shape index (κ2) is 10.3. The molecule has 0 spiro atoms. The molecular formula is C20H24N2O. The highest BCUT2D eigenvalue weighted by Crippen LogP contribution is 2.12. The molecule has 120 valence electrons. The van der Waals surface area contributed by atoms with Crippen LogP contribution in [0.1, 0.15) is 43.7 Å². The summed E-state index contributed by atoms with van der Waals surface area (Å²) < 4.78 is 5.72. The molecule has 0 amide bonds. The zero-order chi connectivity index (χ0) is 16.2. The summed E-state index contributed by atoms with van der Waals surface area (Å²) in [5.41, 5.74) is 2.05. The normalized spacial score (nSPS) is 11.3. The van der Waals surface area contributed by atoms with Crippen LogP contribution in [0.25, 0.3) is 0 Å².